The quantitative estimate of drug-likeness (QED) is 0.849. The van der Waals surface area contributed by atoms with Gasteiger partial charge in [0, 0.05) is 36.2 Å². The minimum Gasteiger partial charge on any atom is -0.329 e. The zero-order valence-corrected chi connectivity index (χ0v) is 10.7. The molecule has 0 radical (unpaired) electrons. The average molecular weight is 236 g/mol. The Kier molecular flexibility index (Phi) is 4.27. The van der Waals surface area contributed by atoms with Gasteiger partial charge in [0.05, 0.1) is 0 Å². The first-order chi connectivity index (χ1) is 7.85. The lowest BCUT2D eigenvalue weighted by molar-refractivity contribution is 0.283. The van der Waals surface area contributed by atoms with Crippen molar-refractivity contribution < 1.29 is 0 Å². The summed E-state index contributed by atoms with van der Waals surface area (Å²) < 4.78 is 0. The maximum absolute atomic E-state index is 5.63. The van der Waals surface area contributed by atoms with Gasteiger partial charge in [-0.3, -0.25) is 0 Å². The molecule has 16 heavy (non-hydrogen) atoms. The first-order valence-corrected chi connectivity index (χ1v) is 6.97. The van der Waals surface area contributed by atoms with E-state index in [-0.39, 0.29) is 0 Å². The normalized spacial score (nSPS) is 19.1. The van der Waals surface area contributed by atoms with Crippen molar-refractivity contribution in [2.75, 3.05) is 31.9 Å². The van der Waals surface area contributed by atoms with E-state index in [9.17, 15) is 0 Å². The molecule has 88 valence electrons. The Bertz CT molecular complexity index is 340. The zero-order chi connectivity index (χ0) is 11.4. The van der Waals surface area contributed by atoms with Crippen molar-refractivity contribution in [1.29, 1.82) is 0 Å². The van der Waals surface area contributed by atoms with Crippen molar-refractivity contribution in [1.82, 2.24) is 4.90 Å². The van der Waals surface area contributed by atoms with Crippen LogP contribution in [0.3, 0.4) is 0 Å². The molecule has 0 fully saturated rings. The Hall–Kier alpha value is -0.510. The Labute approximate surface area is 102 Å². The summed E-state index contributed by atoms with van der Waals surface area (Å²) in [4.78, 5) is 3.92. The van der Waals surface area contributed by atoms with Crippen molar-refractivity contribution in [3.63, 3.8) is 0 Å². The van der Waals surface area contributed by atoms with Gasteiger partial charge in [-0.05, 0) is 18.2 Å². The fraction of sp³-hybridized carbons (Fsp3) is 0.538. The molecule has 2 rings (SSSR count). The molecule has 0 saturated carbocycles. The molecule has 0 spiro atoms. The van der Waals surface area contributed by atoms with E-state index in [1.807, 2.05) is 11.8 Å². The highest BCUT2D eigenvalue weighted by atomic mass is 32.2. The van der Waals surface area contributed by atoms with Crippen LogP contribution < -0.4 is 5.73 Å². The molecule has 0 bridgehead atoms. The summed E-state index contributed by atoms with van der Waals surface area (Å²) in [5.74, 6) is 1.91. The van der Waals surface area contributed by atoms with Crippen LogP contribution in [-0.4, -0.2) is 36.8 Å². The molecule has 1 aromatic carbocycles. The Morgan fingerprint density at radius 3 is 3.00 bits per heavy atom. The summed E-state index contributed by atoms with van der Waals surface area (Å²) in [6.07, 6.45) is 0. The predicted molar refractivity (Wildman–Crippen MR) is 71.1 cm³/mol. The van der Waals surface area contributed by atoms with Crippen LogP contribution in [-0.2, 0) is 0 Å². The second-order valence-corrected chi connectivity index (χ2v) is 5.29. The number of likely N-dealkylation sites (N-methyl/N-ethyl adjacent to an activating group) is 1. The molecule has 1 atom stereocenters. The van der Waals surface area contributed by atoms with E-state index in [2.05, 4.69) is 36.1 Å². The molecule has 1 heterocycles. The number of nitrogens with two attached hydrogens (primary N) is 1. The van der Waals surface area contributed by atoms with Crippen molar-refractivity contribution in [3.8, 4) is 0 Å². The number of fused-ring (bicyclic) bond motifs is 1. The van der Waals surface area contributed by atoms with E-state index >= 15 is 0 Å². The number of thioether (sulfide) groups is 1. The Balaban J connectivity index is 2.02. The molecule has 1 unspecified atom stereocenters. The number of rotatable bonds is 5. The van der Waals surface area contributed by atoms with Crippen molar-refractivity contribution in [3.05, 3.63) is 29.8 Å². The molecule has 0 amide bonds. The maximum atomic E-state index is 5.63. The van der Waals surface area contributed by atoms with E-state index in [1.54, 1.807) is 0 Å². The van der Waals surface area contributed by atoms with E-state index < -0.39 is 0 Å². The summed E-state index contributed by atoms with van der Waals surface area (Å²) in [7, 11) is 0. The summed E-state index contributed by atoms with van der Waals surface area (Å²) in [6, 6.07) is 8.79. The van der Waals surface area contributed by atoms with Gasteiger partial charge in [0.1, 0.15) is 0 Å². The molecule has 0 aliphatic carbocycles. The second kappa shape index (κ2) is 5.71. The Morgan fingerprint density at radius 1 is 1.44 bits per heavy atom. The second-order valence-electron chi connectivity index (χ2n) is 4.23. The van der Waals surface area contributed by atoms with E-state index in [1.165, 1.54) is 16.2 Å². The highest BCUT2D eigenvalue weighted by molar-refractivity contribution is 7.99. The minimum atomic E-state index is 0.688. The van der Waals surface area contributed by atoms with Gasteiger partial charge in [0.25, 0.3) is 0 Å². The van der Waals surface area contributed by atoms with E-state index in [4.69, 9.17) is 5.73 Å². The largest absolute Gasteiger partial charge is 0.329 e. The fourth-order valence-corrected chi connectivity index (χ4v) is 3.50. The van der Waals surface area contributed by atoms with Crippen LogP contribution in [0.4, 0.5) is 0 Å². The van der Waals surface area contributed by atoms with Gasteiger partial charge in [-0.2, -0.15) is 0 Å². The number of nitrogens with zero attached hydrogens (tertiary/aromatic N) is 1. The lowest BCUT2D eigenvalue weighted by Gasteiger charge is -2.23. The average Bonchev–Trinajstić information content (AvgIpc) is 2.72. The van der Waals surface area contributed by atoms with Crippen LogP contribution in [0, 0.1) is 0 Å². The van der Waals surface area contributed by atoms with Gasteiger partial charge in [-0.25, -0.2) is 0 Å². The predicted octanol–water partition coefficient (Wildman–Crippen LogP) is 2.16. The van der Waals surface area contributed by atoms with Gasteiger partial charge in [0.15, 0.2) is 0 Å². The first-order valence-electron chi connectivity index (χ1n) is 5.99. The number of hydrogen-bond acceptors (Lipinski definition) is 3. The monoisotopic (exact) mass is 236 g/mol. The van der Waals surface area contributed by atoms with E-state index in [0.717, 1.165) is 26.2 Å². The van der Waals surface area contributed by atoms with Crippen LogP contribution in [0.25, 0.3) is 0 Å². The highest BCUT2D eigenvalue weighted by Crippen LogP contribution is 2.39. The molecule has 1 aliphatic rings. The standard InChI is InChI=1S/C13H20N2S/c1-2-15(8-7-14)9-11-10-16-13-6-4-3-5-12(11)13/h3-6,11H,2,7-10,14H2,1H3. The summed E-state index contributed by atoms with van der Waals surface area (Å²) >= 11 is 1.99. The molecule has 3 heteroatoms. The number of benzene rings is 1. The molecule has 0 aromatic heterocycles. The van der Waals surface area contributed by atoms with Crippen LogP contribution in [0.2, 0.25) is 0 Å². The van der Waals surface area contributed by atoms with Crippen molar-refractivity contribution in [2.24, 2.45) is 5.73 Å². The van der Waals surface area contributed by atoms with Crippen molar-refractivity contribution >= 4 is 11.8 Å². The van der Waals surface area contributed by atoms with Gasteiger partial charge in [-0.15, -0.1) is 11.8 Å². The minimum absolute atomic E-state index is 0.688. The molecule has 1 aromatic rings. The van der Waals surface area contributed by atoms with Gasteiger partial charge in [-0.1, -0.05) is 25.1 Å². The van der Waals surface area contributed by atoms with Gasteiger partial charge < -0.3 is 10.6 Å². The summed E-state index contributed by atoms with van der Waals surface area (Å²) in [5.41, 5.74) is 7.16. The molecular weight excluding hydrogens is 216 g/mol. The third-order valence-corrected chi connectivity index (χ3v) is 4.42. The van der Waals surface area contributed by atoms with Crippen LogP contribution >= 0.6 is 11.8 Å². The zero-order valence-electron chi connectivity index (χ0n) is 9.86. The van der Waals surface area contributed by atoms with Gasteiger partial charge in [0.2, 0.25) is 0 Å². The smallest absolute Gasteiger partial charge is 0.0108 e. The molecule has 2 nitrogen and oxygen atoms in total. The molecule has 2 N–H and O–H groups in total. The highest BCUT2D eigenvalue weighted by Gasteiger charge is 2.23. The van der Waals surface area contributed by atoms with Crippen LogP contribution in [0.1, 0.15) is 18.4 Å². The molecule has 1 aliphatic heterocycles. The van der Waals surface area contributed by atoms with Crippen LogP contribution in [0.15, 0.2) is 29.2 Å². The van der Waals surface area contributed by atoms with Gasteiger partial charge >= 0.3 is 0 Å². The molecule has 0 saturated heterocycles. The fourth-order valence-electron chi connectivity index (χ4n) is 2.25. The Morgan fingerprint density at radius 2 is 2.25 bits per heavy atom. The lowest BCUT2D eigenvalue weighted by Crippen LogP contribution is -2.33. The summed E-state index contributed by atoms with van der Waals surface area (Å²) in [5, 5.41) is 0. The summed E-state index contributed by atoms with van der Waals surface area (Å²) in [6.45, 7) is 6.23. The van der Waals surface area contributed by atoms with E-state index in [0.29, 0.717) is 5.92 Å². The third kappa shape index (κ3) is 2.59. The molecular formula is C13H20N2S. The van der Waals surface area contributed by atoms with Crippen molar-refractivity contribution in [2.45, 2.75) is 17.7 Å². The first kappa shape index (κ1) is 12.0. The van der Waals surface area contributed by atoms with Crippen LogP contribution in [0.5, 0.6) is 0 Å². The SMILES string of the molecule is CCN(CCN)CC1CSc2ccccc21. The third-order valence-electron chi connectivity index (χ3n) is 3.17. The topological polar surface area (TPSA) is 29.3 Å². The number of hydrogen-bond donors (Lipinski definition) is 1. The lowest BCUT2D eigenvalue weighted by atomic mass is 10.0. The maximum Gasteiger partial charge on any atom is 0.0108 e.